The molecule has 2 aromatic rings. The number of thioether (sulfide) groups is 1. The number of halogens is 2. The molecule has 0 unspecified atom stereocenters. The number of rotatable bonds is 4. The van der Waals surface area contributed by atoms with Crippen LogP contribution in [0, 0.1) is 6.92 Å². The fourth-order valence-electron chi connectivity index (χ4n) is 1.49. The average molecular weight is 343 g/mol. The van der Waals surface area contributed by atoms with Crippen molar-refractivity contribution in [3.63, 3.8) is 0 Å². The zero-order valence-electron chi connectivity index (χ0n) is 11.1. The van der Waals surface area contributed by atoms with E-state index in [0.717, 1.165) is 5.56 Å². The SMILES string of the molecule is Cc1cnc(SCC(=O)Nc2c(N)cc(Cl)cc2Cl)nc1. The number of nitrogens with zero attached hydrogens (tertiary/aromatic N) is 2. The Balaban J connectivity index is 1.97. The standard InChI is InChI=1S/C13H12Cl2N4OS/c1-7-4-17-13(18-5-7)21-6-11(20)19-12-9(15)2-8(14)3-10(12)16/h2-5H,6,16H2,1H3,(H,19,20). The Hall–Kier alpha value is -1.50. The van der Waals surface area contributed by atoms with E-state index in [9.17, 15) is 4.79 Å². The predicted octanol–water partition coefficient (Wildman–Crippen LogP) is 3.40. The normalized spacial score (nSPS) is 10.4. The summed E-state index contributed by atoms with van der Waals surface area (Å²) in [5.74, 6) is -0.0957. The van der Waals surface area contributed by atoms with E-state index < -0.39 is 0 Å². The van der Waals surface area contributed by atoms with Crippen LogP contribution in [-0.2, 0) is 4.79 Å². The smallest absolute Gasteiger partial charge is 0.234 e. The molecule has 0 fully saturated rings. The zero-order chi connectivity index (χ0) is 15.4. The van der Waals surface area contributed by atoms with Crippen LogP contribution in [0.5, 0.6) is 0 Å². The molecule has 0 saturated heterocycles. The molecule has 0 radical (unpaired) electrons. The number of amides is 1. The van der Waals surface area contributed by atoms with Crippen LogP contribution in [0.1, 0.15) is 5.56 Å². The second-order valence-corrected chi connectivity index (χ2v) is 6.02. The summed E-state index contributed by atoms with van der Waals surface area (Å²) < 4.78 is 0. The molecule has 0 aliphatic rings. The van der Waals surface area contributed by atoms with Gasteiger partial charge in [0.1, 0.15) is 0 Å². The number of aryl methyl sites for hydroxylation is 1. The van der Waals surface area contributed by atoms with Gasteiger partial charge < -0.3 is 11.1 Å². The summed E-state index contributed by atoms with van der Waals surface area (Å²) in [6.45, 7) is 1.90. The minimum atomic E-state index is -0.250. The van der Waals surface area contributed by atoms with Crippen molar-refractivity contribution < 1.29 is 4.79 Å². The van der Waals surface area contributed by atoms with E-state index in [1.807, 2.05) is 6.92 Å². The maximum Gasteiger partial charge on any atom is 0.234 e. The number of nitrogens with one attached hydrogen (secondary N) is 1. The molecule has 8 heteroatoms. The van der Waals surface area contributed by atoms with Gasteiger partial charge in [0.05, 0.1) is 22.2 Å². The lowest BCUT2D eigenvalue weighted by molar-refractivity contribution is -0.113. The highest BCUT2D eigenvalue weighted by molar-refractivity contribution is 7.99. The number of carbonyl (C=O) groups excluding carboxylic acids is 1. The minimum Gasteiger partial charge on any atom is -0.397 e. The van der Waals surface area contributed by atoms with Crippen LogP contribution in [0.15, 0.2) is 29.7 Å². The molecular weight excluding hydrogens is 331 g/mol. The molecule has 0 bridgehead atoms. The van der Waals surface area contributed by atoms with Crippen LogP contribution in [0.3, 0.4) is 0 Å². The minimum absolute atomic E-state index is 0.154. The van der Waals surface area contributed by atoms with E-state index in [2.05, 4.69) is 15.3 Å². The highest BCUT2D eigenvalue weighted by Crippen LogP contribution is 2.32. The molecule has 1 aromatic carbocycles. The predicted molar refractivity (Wildman–Crippen MR) is 87.0 cm³/mol. The molecule has 0 saturated carbocycles. The Labute approximate surface area is 136 Å². The lowest BCUT2D eigenvalue weighted by Gasteiger charge is -2.10. The van der Waals surface area contributed by atoms with Crippen LogP contribution in [0.4, 0.5) is 11.4 Å². The molecule has 1 aromatic heterocycles. The van der Waals surface area contributed by atoms with Crippen molar-refractivity contribution in [3.8, 4) is 0 Å². The molecule has 0 aliphatic carbocycles. The van der Waals surface area contributed by atoms with Gasteiger partial charge in [-0.3, -0.25) is 4.79 Å². The van der Waals surface area contributed by atoms with Crippen molar-refractivity contribution in [3.05, 3.63) is 40.1 Å². The largest absolute Gasteiger partial charge is 0.397 e. The molecule has 0 atom stereocenters. The van der Waals surface area contributed by atoms with Crippen molar-refractivity contribution in [1.29, 1.82) is 0 Å². The average Bonchev–Trinajstić information content (AvgIpc) is 2.42. The van der Waals surface area contributed by atoms with Crippen molar-refractivity contribution in [1.82, 2.24) is 9.97 Å². The van der Waals surface area contributed by atoms with Crippen molar-refractivity contribution >= 4 is 52.2 Å². The first kappa shape index (κ1) is 15.9. The summed E-state index contributed by atoms with van der Waals surface area (Å²) in [6.07, 6.45) is 3.39. The third-order valence-electron chi connectivity index (χ3n) is 2.44. The Morgan fingerprint density at radius 2 is 2.00 bits per heavy atom. The highest BCUT2D eigenvalue weighted by atomic mass is 35.5. The number of hydrogen-bond acceptors (Lipinski definition) is 5. The molecule has 3 N–H and O–H groups in total. The second-order valence-electron chi connectivity index (χ2n) is 4.23. The number of aromatic nitrogens is 2. The maximum atomic E-state index is 11.9. The van der Waals surface area contributed by atoms with Gasteiger partial charge in [-0.2, -0.15) is 0 Å². The fraction of sp³-hybridized carbons (Fsp3) is 0.154. The van der Waals surface area contributed by atoms with Gasteiger partial charge in [0.25, 0.3) is 0 Å². The van der Waals surface area contributed by atoms with E-state index in [1.54, 1.807) is 12.4 Å². The van der Waals surface area contributed by atoms with Gasteiger partial charge >= 0.3 is 0 Å². The highest BCUT2D eigenvalue weighted by Gasteiger charge is 2.11. The first-order valence-corrected chi connectivity index (χ1v) is 7.65. The molecule has 1 amide bonds. The summed E-state index contributed by atoms with van der Waals surface area (Å²) in [5.41, 5.74) is 7.42. The van der Waals surface area contributed by atoms with Crippen LogP contribution >= 0.6 is 35.0 Å². The number of nitrogen functional groups attached to an aromatic ring is 1. The molecule has 2 rings (SSSR count). The Morgan fingerprint density at radius 1 is 1.33 bits per heavy atom. The van der Waals surface area contributed by atoms with Crippen LogP contribution in [0.25, 0.3) is 0 Å². The first-order chi connectivity index (χ1) is 9.95. The first-order valence-electron chi connectivity index (χ1n) is 5.91. The molecule has 1 heterocycles. The van der Waals surface area contributed by atoms with Crippen molar-refractivity contribution in [2.75, 3.05) is 16.8 Å². The van der Waals surface area contributed by atoms with Crippen molar-refractivity contribution in [2.45, 2.75) is 12.1 Å². The lowest BCUT2D eigenvalue weighted by atomic mass is 10.2. The van der Waals surface area contributed by atoms with Gasteiger partial charge in [0.2, 0.25) is 5.91 Å². The third-order valence-corrected chi connectivity index (χ3v) is 3.83. The van der Waals surface area contributed by atoms with Gasteiger partial charge in [-0.15, -0.1) is 0 Å². The number of nitrogens with two attached hydrogens (primary N) is 1. The monoisotopic (exact) mass is 342 g/mol. The van der Waals surface area contributed by atoms with Crippen LogP contribution in [0.2, 0.25) is 10.0 Å². The van der Waals surface area contributed by atoms with Crippen LogP contribution in [-0.4, -0.2) is 21.6 Å². The van der Waals surface area contributed by atoms with Crippen molar-refractivity contribution in [2.24, 2.45) is 0 Å². The summed E-state index contributed by atoms with van der Waals surface area (Å²) >= 11 is 13.0. The van der Waals surface area contributed by atoms with E-state index in [-0.39, 0.29) is 11.7 Å². The molecule has 21 heavy (non-hydrogen) atoms. The maximum absolute atomic E-state index is 11.9. The Kier molecular flexibility index (Phi) is 5.27. The van der Waals surface area contributed by atoms with E-state index in [1.165, 1.54) is 23.9 Å². The zero-order valence-corrected chi connectivity index (χ0v) is 13.4. The topological polar surface area (TPSA) is 80.9 Å². The second kappa shape index (κ2) is 6.98. The number of carbonyl (C=O) groups is 1. The summed E-state index contributed by atoms with van der Waals surface area (Å²) in [6, 6.07) is 3.05. The quantitative estimate of drug-likeness (QED) is 0.505. The Bertz CT molecular complexity index is 641. The molecule has 0 aliphatic heterocycles. The summed E-state index contributed by atoms with van der Waals surface area (Å²) in [7, 11) is 0. The molecular formula is C13H12Cl2N4OS. The number of hydrogen-bond donors (Lipinski definition) is 2. The van der Waals surface area contributed by atoms with Gasteiger partial charge in [0.15, 0.2) is 5.16 Å². The van der Waals surface area contributed by atoms with E-state index >= 15 is 0 Å². The number of benzene rings is 1. The van der Waals surface area contributed by atoms with Gasteiger partial charge in [-0.1, -0.05) is 35.0 Å². The fourth-order valence-corrected chi connectivity index (χ4v) is 2.63. The van der Waals surface area contributed by atoms with Crippen LogP contribution < -0.4 is 11.1 Å². The van der Waals surface area contributed by atoms with Gasteiger partial charge in [-0.05, 0) is 24.6 Å². The van der Waals surface area contributed by atoms with E-state index in [4.69, 9.17) is 28.9 Å². The molecule has 5 nitrogen and oxygen atoms in total. The third kappa shape index (κ3) is 4.49. The summed E-state index contributed by atoms with van der Waals surface area (Å²) in [4.78, 5) is 20.1. The number of anilines is 2. The van der Waals surface area contributed by atoms with Gasteiger partial charge in [-0.25, -0.2) is 9.97 Å². The Morgan fingerprint density at radius 3 is 2.62 bits per heavy atom. The summed E-state index contributed by atoms with van der Waals surface area (Å²) in [5, 5.41) is 3.90. The van der Waals surface area contributed by atoms with Gasteiger partial charge in [0, 0.05) is 17.4 Å². The molecule has 110 valence electrons. The molecule has 0 spiro atoms. The van der Waals surface area contributed by atoms with E-state index in [0.29, 0.717) is 26.6 Å². The lowest BCUT2D eigenvalue weighted by Crippen LogP contribution is -2.15.